The Kier molecular flexibility index (Phi) is 3.71. The van der Waals surface area contributed by atoms with E-state index in [-0.39, 0.29) is 5.91 Å². The van der Waals surface area contributed by atoms with Crippen molar-refractivity contribution in [2.45, 2.75) is 0 Å². The molecule has 1 aliphatic heterocycles. The Labute approximate surface area is 98.8 Å². The number of nitrogens with one attached hydrogen (secondary N) is 2. The molecule has 0 radical (unpaired) electrons. The summed E-state index contributed by atoms with van der Waals surface area (Å²) >= 11 is 5.70. The van der Waals surface area contributed by atoms with Gasteiger partial charge in [0.2, 0.25) is 0 Å². The molecule has 6 heteroatoms. The summed E-state index contributed by atoms with van der Waals surface area (Å²) in [5.74, 6) is -0.196. The van der Waals surface area contributed by atoms with Gasteiger partial charge in [0.05, 0.1) is 5.02 Å². The third kappa shape index (κ3) is 2.91. The van der Waals surface area contributed by atoms with Crippen molar-refractivity contribution in [2.75, 3.05) is 26.2 Å². The van der Waals surface area contributed by atoms with Gasteiger partial charge in [-0.05, 0) is 12.1 Å². The van der Waals surface area contributed by atoms with Crippen molar-refractivity contribution in [1.82, 2.24) is 20.7 Å². The molecule has 1 amide bonds. The van der Waals surface area contributed by atoms with E-state index in [0.717, 1.165) is 26.2 Å². The number of nitrogens with zero attached hydrogens (tertiary/aromatic N) is 2. The number of pyridine rings is 1. The summed E-state index contributed by atoms with van der Waals surface area (Å²) < 4.78 is 0. The van der Waals surface area contributed by atoms with Crippen molar-refractivity contribution in [3.05, 3.63) is 29.0 Å². The van der Waals surface area contributed by atoms with Gasteiger partial charge in [-0.1, -0.05) is 11.6 Å². The third-order valence-electron chi connectivity index (χ3n) is 2.34. The van der Waals surface area contributed by atoms with Crippen LogP contribution in [0.2, 0.25) is 5.02 Å². The van der Waals surface area contributed by atoms with Crippen molar-refractivity contribution in [3.63, 3.8) is 0 Å². The molecule has 0 bridgehead atoms. The van der Waals surface area contributed by atoms with Gasteiger partial charge in [-0.25, -0.2) is 9.99 Å². The molecule has 86 valence electrons. The summed E-state index contributed by atoms with van der Waals surface area (Å²) in [5.41, 5.74) is 3.18. The Balaban J connectivity index is 1.94. The number of piperazine rings is 1. The van der Waals surface area contributed by atoms with Crippen molar-refractivity contribution >= 4 is 17.5 Å². The number of carbonyl (C=O) groups is 1. The first-order valence-electron chi connectivity index (χ1n) is 5.14. The molecule has 0 aromatic carbocycles. The smallest absolute Gasteiger partial charge is 0.284 e. The summed E-state index contributed by atoms with van der Waals surface area (Å²) in [4.78, 5) is 15.7. The number of hydrogen-bond donors (Lipinski definition) is 2. The molecule has 1 aromatic rings. The van der Waals surface area contributed by atoms with Gasteiger partial charge in [0.1, 0.15) is 5.69 Å². The minimum Gasteiger partial charge on any atom is -0.314 e. The van der Waals surface area contributed by atoms with E-state index in [1.807, 2.05) is 5.01 Å². The number of carbonyl (C=O) groups excluding carboxylic acids is 1. The van der Waals surface area contributed by atoms with E-state index in [0.29, 0.717) is 10.7 Å². The molecule has 0 atom stereocenters. The predicted molar refractivity (Wildman–Crippen MR) is 61.2 cm³/mol. The molecule has 2 heterocycles. The zero-order valence-corrected chi connectivity index (χ0v) is 9.50. The van der Waals surface area contributed by atoms with Crippen LogP contribution in [-0.4, -0.2) is 42.1 Å². The van der Waals surface area contributed by atoms with Crippen molar-refractivity contribution in [2.24, 2.45) is 0 Å². The van der Waals surface area contributed by atoms with Crippen LogP contribution in [0.3, 0.4) is 0 Å². The number of amides is 1. The van der Waals surface area contributed by atoms with E-state index in [2.05, 4.69) is 15.7 Å². The highest BCUT2D eigenvalue weighted by Crippen LogP contribution is 2.06. The fourth-order valence-corrected chi connectivity index (χ4v) is 1.60. The van der Waals surface area contributed by atoms with E-state index < -0.39 is 0 Å². The van der Waals surface area contributed by atoms with E-state index in [9.17, 15) is 4.79 Å². The molecule has 1 aliphatic rings. The standard InChI is InChI=1S/C10H13ClN4O/c11-8-1-2-9(13-7-8)10(16)14-15-5-3-12-4-6-15/h1-2,7,12H,3-6H2,(H,14,16). The average Bonchev–Trinajstić information content (AvgIpc) is 2.31. The number of rotatable bonds is 2. The first-order valence-corrected chi connectivity index (χ1v) is 5.52. The van der Waals surface area contributed by atoms with Crippen molar-refractivity contribution in [3.8, 4) is 0 Å². The van der Waals surface area contributed by atoms with Crippen LogP contribution >= 0.6 is 11.6 Å². The van der Waals surface area contributed by atoms with E-state index >= 15 is 0 Å². The van der Waals surface area contributed by atoms with E-state index in [1.54, 1.807) is 12.1 Å². The molecule has 1 fully saturated rings. The molecule has 1 aromatic heterocycles. The first kappa shape index (κ1) is 11.3. The fourth-order valence-electron chi connectivity index (χ4n) is 1.49. The molecule has 2 rings (SSSR count). The second kappa shape index (κ2) is 5.25. The van der Waals surface area contributed by atoms with Crippen molar-refractivity contribution < 1.29 is 4.79 Å². The zero-order chi connectivity index (χ0) is 11.4. The van der Waals surface area contributed by atoms with Gasteiger partial charge < -0.3 is 5.32 Å². The highest BCUT2D eigenvalue weighted by atomic mass is 35.5. The van der Waals surface area contributed by atoms with Gasteiger partial charge >= 0.3 is 0 Å². The van der Waals surface area contributed by atoms with Gasteiger partial charge in [-0.2, -0.15) is 0 Å². The highest BCUT2D eigenvalue weighted by molar-refractivity contribution is 6.30. The number of hydrogen-bond acceptors (Lipinski definition) is 4. The molecule has 0 saturated carbocycles. The average molecular weight is 241 g/mol. The molecule has 0 aliphatic carbocycles. The Morgan fingerprint density at radius 3 is 2.81 bits per heavy atom. The van der Waals surface area contributed by atoms with Crippen LogP contribution in [0, 0.1) is 0 Å². The quantitative estimate of drug-likeness (QED) is 0.780. The molecule has 16 heavy (non-hydrogen) atoms. The maximum absolute atomic E-state index is 11.7. The number of halogens is 1. The molecule has 5 nitrogen and oxygen atoms in total. The lowest BCUT2D eigenvalue weighted by molar-refractivity contribution is 0.0759. The highest BCUT2D eigenvalue weighted by Gasteiger charge is 2.14. The van der Waals surface area contributed by atoms with Crippen LogP contribution in [0.25, 0.3) is 0 Å². The van der Waals surface area contributed by atoms with Crippen LogP contribution in [0.4, 0.5) is 0 Å². The maximum atomic E-state index is 11.7. The Morgan fingerprint density at radius 1 is 1.44 bits per heavy atom. The summed E-state index contributed by atoms with van der Waals surface area (Å²) in [5, 5.41) is 5.62. The van der Waals surface area contributed by atoms with Crippen LogP contribution in [0.5, 0.6) is 0 Å². The van der Waals surface area contributed by atoms with Crippen molar-refractivity contribution in [1.29, 1.82) is 0 Å². The second-order valence-corrected chi connectivity index (χ2v) is 3.98. The largest absolute Gasteiger partial charge is 0.314 e. The number of aromatic nitrogens is 1. The van der Waals surface area contributed by atoms with Gasteiger partial charge in [0.25, 0.3) is 5.91 Å². The van der Waals surface area contributed by atoms with E-state index in [1.165, 1.54) is 6.20 Å². The maximum Gasteiger partial charge on any atom is 0.284 e. The Morgan fingerprint density at radius 2 is 2.19 bits per heavy atom. The van der Waals surface area contributed by atoms with Gasteiger partial charge in [-0.15, -0.1) is 0 Å². The second-order valence-electron chi connectivity index (χ2n) is 3.54. The minimum absolute atomic E-state index is 0.196. The molecular weight excluding hydrogens is 228 g/mol. The van der Waals surface area contributed by atoms with Crippen LogP contribution < -0.4 is 10.7 Å². The summed E-state index contributed by atoms with van der Waals surface area (Å²) in [6, 6.07) is 3.26. The third-order valence-corrected chi connectivity index (χ3v) is 2.56. The summed E-state index contributed by atoms with van der Waals surface area (Å²) in [6.07, 6.45) is 1.47. The topological polar surface area (TPSA) is 57.3 Å². The SMILES string of the molecule is O=C(NN1CCNCC1)c1ccc(Cl)cn1. The van der Waals surface area contributed by atoms with Gasteiger partial charge in [0, 0.05) is 32.4 Å². The monoisotopic (exact) mass is 240 g/mol. The lowest BCUT2D eigenvalue weighted by atomic mass is 10.3. The summed E-state index contributed by atoms with van der Waals surface area (Å²) in [7, 11) is 0. The fraction of sp³-hybridized carbons (Fsp3) is 0.400. The Bertz CT molecular complexity index is 362. The lowest BCUT2D eigenvalue weighted by Crippen LogP contribution is -2.52. The normalized spacial score (nSPS) is 17.1. The summed E-state index contributed by atoms with van der Waals surface area (Å²) in [6.45, 7) is 3.38. The van der Waals surface area contributed by atoms with Crippen LogP contribution in [0.1, 0.15) is 10.5 Å². The van der Waals surface area contributed by atoms with Gasteiger partial charge in [-0.3, -0.25) is 10.2 Å². The first-order chi connectivity index (χ1) is 7.75. The molecule has 1 saturated heterocycles. The molecular formula is C10H13ClN4O. The van der Waals surface area contributed by atoms with Crippen LogP contribution in [0.15, 0.2) is 18.3 Å². The molecule has 0 unspecified atom stereocenters. The van der Waals surface area contributed by atoms with Crippen LogP contribution in [-0.2, 0) is 0 Å². The minimum atomic E-state index is -0.196. The van der Waals surface area contributed by atoms with E-state index in [4.69, 9.17) is 11.6 Å². The number of hydrazine groups is 1. The predicted octanol–water partition coefficient (Wildman–Crippen LogP) is 0.285. The lowest BCUT2D eigenvalue weighted by Gasteiger charge is -2.27. The molecule has 2 N–H and O–H groups in total. The van der Waals surface area contributed by atoms with Gasteiger partial charge in [0.15, 0.2) is 0 Å². The molecule has 0 spiro atoms. The Hall–Kier alpha value is -1.17. The zero-order valence-electron chi connectivity index (χ0n) is 8.74.